The number of amides is 1. The summed E-state index contributed by atoms with van der Waals surface area (Å²) in [5, 5.41) is 4.45. The molecule has 24 heavy (non-hydrogen) atoms. The fourth-order valence-electron chi connectivity index (χ4n) is 2.73. The van der Waals surface area contributed by atoms with E-state index in [4.69, 9.17) is 0 Å². The molecule has 1 aliphatic rings. The van der Waals surface area contributed by atoms with Gasteiger partial charge in [-0.25, -0.2) is 15.0 Å². The first-order chi connectivity index (χ1) is 11.6. The molecular weight excluding hydrogens is 322 g/mol. The van der Waals surface area contributed by atoms with Crippen molar-refractivity contribution in [1.29, 1.82) is 0 Å². The van der Waals surface area contributed by atoms with Gasteiger partial charge in [-0.05, 0) is 25.5 Å². The van der Waals surface area contributed by atoms with Crippen molar-refractivity contribution in [2.45, 2.75) is 31.8 Å². The lowest BCUT2D eigenvalue weighted by molar-refractivity contribution is -0.129. The number of hydrogen-bond donors (Lipinski definition) is 1. The van der Waals surface area contributed by atoms with Crippen LogP contribution in [0.5, 0.6) is 0 Å². The first-order valence-corrected chi connectivity index (χ1v) is 9.01. The van der Waals surface area contributed by atoms with Crippen molar-refractivity contribution < 1.29 is 4.79 Å². The molecule has 0 spiro atoms. The number of hydrogen-bond acceptors (Lipinski definition) is 6. The van der Waals surface area contributed by atoms with Crippen LogP contribution < -0.4 is 5.32 Å². The molecule has 0 bridgehead atoms. The van der Waals surface area contributed by atoms with Gasteiger partial charge < -0.3 is 10.2 Å². The van der Waals surface area contributed by atoms with Crippen molar-refractivity contribution in [1.82, 2.24) is 19.9 Å². The van der Waals surface area contributed by atoms with Gasteiger partial charge in [0.05, 0.1) is 17.3 Å². The third kappa shape index (κ3) is 4.03. The maximum Gasteiger partial charge on any atom is 0.219 e. The standard InChI is InChI=1S/C17H21N5OS/c1-12-20-15-11-22(13(2)23)9-6-14(15)17(21-12)19-8-10-24-16-5-3-4-7-18-16/h3-5,7H,6,8-11H2,1-2H3,(H,19,20,21). The molecule has 0 aliphatic carbocycles. The number of carbonyl (C=O) groups excluding carboxylic acids is 1. The number of pyridine rings is 1. The fourth-order valence-corrected chi connectivity index (χ4v) is 3.45. The third-order valence-electron chi connectivity index (χ3n) is 3.90. The molecule has 7 heteroatoms. The average molecular weight is 343 g/mol. The highest BCUT2D eigenvalue weighted by Crippen LogP contribution is 2.24. The minimum absolute atomic E-state index is 0.0955. The molecule has 0 unspecified atom stereocenters. The molecule has 1 aliphatic heterocycles. The Hall–Kier alpha value is -2.15. The van der Waals surface area contributed by atoms with Crippen LogP contribution in [0.25, 0.3) is 0 Å². The molecule has 2 aromatic heterocycles. The highest BCUT2D eigenvalue weighted by Gasteiger charge is 2.22. The summed E-state index contributed by atoms with van der Waals surface area (Å²) in [4.78, 5) is 26.8. The number of thioether (sulfide) groups is 1. The second-order valence-corrected chi connectivity index (χ2v) is 6.79. The van der Waals surface area contributed by atoms with Crippen molar-refractivity contribution in [3.8, 4) is 0 Å². The van der Waals surface area contributed by atoms with E-state index in [2.05, 4.69) is 20.3 Å². The minimum Gasteiger partial charge on any atom is -0.369 e. The van der Waals surface area contributed by atoms with Gasteiger partial charge in [-0.2, -0.15) is 0 Å². The van der Waals surface area contributed by atoms with Gasteiger partial charge in [-0.15, -0.1) is 11.8 Å². The van der Waals surface area contributed by atoms with E-state index in [-0.39, 0.29) is 5.91 Å². The van der Waals surface area contributed by atoms with E-state index >= 15 is 0 Å². The number of fused-ring (bicyclic) bond motifs is 1. The summed E-state index contributed by atoms with van der Waals surface area (Å²) in [5.41, 5.74) is 2.10. The van der Waals surface area contributed by atoms with Crippen LogP contribution in [0.4, 0.5) is 5.82 Å². The molecule has 0 saturated heterocycles. The maximum atomic E-state index is 11.6. The first-order valence-electron chi connectivity index (χ1n) is 8.03. The molecule has 1 amide bonds. The zero-order valence-electron chi connectivity index (χ0n) is 14.0. The van der Waals surface area contributed by atoms with Gasteiger partial charge >= 0.3 is 0 Å². The number of nitrogens with zero attached hydrogens (tertiary/aromatic N) is 4. The molecule has 126 valence electrons. The molecule has 0 atom stereocenters. The molecule has 0 saturated carbocycles. The Kier molecular flexibility index (Phi) is 5.30. The van der Waals surface area contributed by atoms with Crippen LogP contribution in [0.3, 0.4) is 0 Å². The normalized spacial score (nSPS) is 13.5. The molecule has 6 nitrogen and oxygen atoms in total. The van der Waals surface area contributed by atoms with Crippen LogP contribution in [0.1, 0.15) is 24.0 Å². The molecule has 0 aromatic carbocycles. The van der Waals surface area contributed by atoms with Crippen LogP contribution in [-0.2, 0) is 17.8 Å². The summed E-state index contributed by atoms with van der Waals surface area (Å²) in [6, 6.07) is 5.92. The lowest BCUT2D eigenvalue weighted by atomic mass is 10.1. The van der Waals surface area contributed by atoms with Crippen LogP contribution >= 0.6 is 11.8 Å². The fraction of sp³-hybridized carbons (Fsp3) is 0.412. The van der Waals surface area contributed by atoms with Crippen molar-refractivity contribution in [2.24, 2.45) is 0 Å². The minimum atomic E-state index is 0.0955. The van der Waals surface area contributed by atoms with Gasteiger partial charge in [0.1, 0.15) is 11.6 Å². The number of aryl methyl sites for hydroxylation is 1. The number of carbonyl (C=O) groups is 1. The molecule has 0 fully saturated rings. The monoisotopic (exact) mass is 343 g/mol. The summed E-state index contributed by atoms with van der Waals surface area (Å²) in [6.07, 6.45) is 2.60. The van der Waals surface area contributed by atoms with Gasteiger partial charge in [-0.3, -0.25) is 4.79 Å². The largest absolute Gasteiger partial charge is 0.369 e. The molecule has 2 aromatic rings. The quantitative estimate of drug-likeness (QED) is 0.663. The van der Waals surface area contributed by atoms with E-state index in [1.54, 1.807) is 24.9 Å². The summed E-state index contributed by atoms with van der Waals surface area (Å²) in [6.45, 7) is 5.60. The highest BCUT2D eigenvalue weighted by molar-refractivity contribution is 7.99. The molecule has 3 rings (SSSR count). The van der Waals surface area contributed by atoms with Gasteiger partial charge in [0.15, 0.2) is 0 Å². The predicted molar refractivity (Wildman–Crippen MR) is 95.0 cm³/mol. The van der Waals surface area contributed by atoms with Crippen LogP contribution in [-0.4, -0.2) is 44.6 Å². The number of aromatic nitrogens is 3. The van der Waals surface area contributed by atoms with Crippen molar-refractivity contribution in [3.63, 3.8) is 0 Å². The molecule has 3 heterocycles. The van der Waals surface area contributed by atoms with Gasteiger partial charge in [-0.1, -0.05) is 6.07 Å². The van der Waals surface area contributed by atoms with E-state index < -0.39 is 0 Å². The summed E-state index contributed by atoms with van der Waals surface area (Å²) < 4.78 is 0. The van der Waals surface area contributed by atoms with Gasteiger partial charge in [0, 0.05) is 37.5 Å². The number of nitrogens with one attached hydrogen (secondary N) is 1. The summed E-state index contributed by atoms with van der Waals surface area (Å²) in [5.74, 6) is 2.65. The van der Waals surface area contributed by atoms with Crippen LogP contribution in [0, 0.1) is 6.92 Å². The lowest BCUT2D eigenvalue weighted by Crippen LogP contribution is -2.35. The first kappa shape index (κ1) is 16.7. The van der Waals surface area contributed by atoms with Gasteiger partial charge in [0.2, 0.25) is 5.91 Å². The smallest absolute Gasteiger partial charge is 0.219 e. The third-order valence-corrected chi connectivity index (χ3v) is 4.85. The summed E-state index contributed by atoms with van der Waals surface area (Å²) in [7, 11) is 0. The Morgan fingerprint density at radius 2 is 2.25 bits per heavy atom. The topological polar surface area (TPSA) is 71.0 Å². The van der Waals surface area contributed by atoms with E-state index in [1.165, 1.54) is 0 Å². The second kappa shape index (κ2) is 7.61. The highest BCUT2D eigenvalue weighted by atomic mass is 32.2. The van der Waals surface area contributed by atoms with E-state index in [9.17, 15) is 4.79 Å². The molecule has 1 N–H and O–H groups in total. The van der Waals surface area contributed by atoms with Crippen molar-refractivity contribution in [2.75, 3.05) is 24.2 Å². The Balaban J connectivity index is 1.63. The van der Waals surface area contributed by atoms with Crippen LogP contribution in [0.2, 0.25) is 0 Å². The van der Waals surface area contributed by atoms with E-state index in [0.29, 0.717) is 6.54 Å². The lowest BCUT2D eigenvalue weighted by Gasteiger charge is -2.28. The Morgan fingerprint density at radius 3 is 3.00 bits per heavy atom. The summed E-state index contributed by atoms with van der Waals surface area (Å²) >= 11 is 1.72. The van der Waals surface area contributed by atoms with E-state index in [0.717, 1.165) is 53.2 Å². The van der Waals surface area contributed by atoms with Crippen molar-refractivity contribution >= 4 is 23.5 Å². The molecule has 0 radical (unpaired) electrons. The zero-order chi connectivity index (χ0) is 16.9. The van der Waals surface area contributed by atoms with Crippen LogP contribution in [0.15, 0.2) is 29.4 Å². The van der Waals surface area contributed by atoms with Gasteiger partial charge in [0.25, 0.3) is 0 Å². The number of rotatable bonds is 5. The Labute approximate surface area is 146 Å². The van der Waals surface area contributed by atoms with Crippen molar-refractivity contribution in [3.05, 3.63) is 41.5 Å². The second-order valence-electron chi connectivity index (χ2n) is 5.68. The maximum absolute atomic E-state index is 11.6. The average Bonchev–Trinajstić information content (AvgIpc) is 2.58. The Morgan fingerprint density at radius 1 is 1.38 bits per heavy atom. The predicted octanol–water partition coefficient (Wildman–Crippen LogP) is 2.29. The Bertz CT molecular complexity index is 722. The SMILES string of the molecule is CC(=O)N1CCc2c(nc(C)nc2NCCSc2ccccn2)C1. The van der Waals surface area contributed by atoms with E-state index in [1.807, 2.05) is 30.0 Å². The molecular formula is C17H21N5OS. The zero-order valence-corrected chi connectivity index (χ0v) is 14.8. The number of anilines is 1.